The summed E-state index contributed by atoms with van der Waals surface area (Å²) < 4.78 is 86.1. The van der Waals surface area contributed by atoms with E-state index < -0.39 is 35.0 Å². The zero-order valence-electron chi connectivity index (χ0n) is 20.9. The molecule has 2 aromatic rings. The monoisotopic (exact) mass is 528 g/mol. The summed E-state index contributed by atoms with van der Waals surface area (Å²) >= 11 is 0. The first-order chi connectivity index (χ1) is 17.2. The summed E-state index contributed by atoms with van der Waals surface area (Å²) in [5.74, 6) is -1.00. The standard InChI is InChI=1S/C27H30F6N2O2/c1-16-4-6-19(7-5-16)23-15-34(9-8-24(23)35-13-17(2)37-18(3)14-35)25(36)20-10-21(26(28,29)30)12-22(11-20)27(31,32)33/h4-7,10-12,17-18,23-24H,8-9,13-15H2,1-3H3/t17?,18?,23-,24-/m1/s1. The molecule has 4 atom stereocenters. The van der Waals surface area contributed by atoms with Crippen LogP contribution in [-0.2, 0) is 17.1 Å². The number of rotatable bonds is 3. The van der Waals surface area contributed by atoms with E-state index in [0.717, 1.165) is 11.1 Å². The van der Waals surface area contributed by atoms with Crippen LogP contribution in [0.25, 0.3) is 0 Å². The Balaban J connectivity index is 1.66. The maximum Gasteiger partial charge on any atom is 0.416 e. The van der Waals surface area contributed by atoms with Crippen LogP contribution in [0.2, 0.25) is 0 Å². The second-order valence-corrected chi connectivity index (χ2v) is 10.1. The fourth-order valence-electron chi connectivity index (χ4n) is 5.45. The van der Waals surface area contributed by atoms with Crippen LogP contribution in [0.4, 0.5) is 26.3 Å². The summed E-state index contributed by atoms with van der Waals surface area (Å²) in [6.07, 6.45) is -9.45. The van der Waals surface area contributed by atoms with Gasteiger partial charge >= 0.3 is 12.4 Å². The molecule has 0 N–H and O–H groups in total. The van der Waals surface area contributed by atoms with E-state index in [1.807, 2.05) is 45.0 Å². The molecule has 0 aliphatic carbocycles. The van der Waals surface area contributed by atoms with Gasteiger partial charge in [0.25, 0.3) is 5.91 Å². The van der Waals surface area contributed by atoms with E-state index in [2.05, 4.69) is 4.90 Å². The van der Waals surface area contributed by atoms with Gasteiger partial charge in [0.15, 0.2) is 0 Å². The third-order valence-corrected chi connectivity index (χ3v) is 7.12. The molecule has 2 heterocycles. The molecule has 0 saturated carbocycles. The third-order valence-electron chi connectivity index (χ3n) is 7.12. The Kier molecular flexibility index (Phi) is 7.63. The summed E-state index contributed by atoms with van der Waals surface area (Å²) in [7, 11) is 0. The second kappa shape index (κ2) is 10.3. The first-order valence-corrected chi connectivity index (χ1v) is 12.3. The number of piperidine rings is 1. The zero-order chi connectivity index (χ0) is 27.1. The van der Waals surface area contributed by atoms with Gasteiger partial charge in [-0.15, -0.1) is 0 Å². The Morgan fingerprint density at radius 3 is 1.92 bits per heavy atom. The smallest absolute Gasteiger partial charge is 0.373 e. The molecule has 2 fully saturated rings. The van der Waals surface area contributed by atoms with Gasteiger partial charge in [-0.2, -0.15) is 26.3 Å². The van der Waals surface area contributed by atoms with E-state index in [9.17, 15) is 31.1 Å². The number of hydrogen-bond donors (Lipinski definition) is 0. The normalized spacial score (nSPS) is 25.8. The summed E-state index contributed by atoms with van der Waals surface area (Å²) in [5, 5.41) is 0. The molecule has 2 aromatic carbocycles. The molecule has 0 bridgehead atoms. The average molecular weight is 529 g/mol. The van der Waals surface area contributed by atoms with E-state index in [4.69, 9.17) is 4.74 Å². The van der Waals surface area contributed by atoms with Gasteiger partial charge in [-0.3, -0.25) is 9.69 Å². The van der Waals surface area contributed by atoms with Gasteiger partial charge in [0.05, 0.1) is 23.3 Å². The fraction of sp³-hybridized carbons (Fsp3) is 0.519. The lowest BCUT2D eigenvalue weighted by atomic mass is 9.83. The Hall–Kier alpha value is -2.59. The number of hydrogen-bond acceptors (Lipinski definition) is 3. The van der Waals surface area contributed by atoms with Crippen molar-refractivity contribution in [2.75, 3.05) is 26.2 Å². The molecule has 0 radical (unpaired) electrons. The van der Waals surface area contributed by atoms with Gasteiger partial charge < -0.3 is 9.64 Å². The summed E-state index contributed by atoms with van der Waals surface area (Å²) in [4.78, 5) is 17.0. The molecular weight excluding hydrogens is 498 g/mol. The lowest BCUT2D eigenvalue weighted by Gasteiger charge is -2.47. The van der Waals surface area contributed by atoms with Crippen LogP contribution in [-0.4, -0.2) is 60.1 Å². The van der Waals surface area contributed by atoms with E-state index in [1.54, 1.807) is 0 Å². The van der Waals surface area contributed by atoms with Crippen molar-refractivity contribution in [2.45, 2.75) is 63.7 Å². The molecule has 202 valence electrons. The molecule has 37 heavy (non-hydrogen) atoms. The summed E-state index contributed by atoms with van der Waals surface area (Å²) in [6.45, 7) is 7.76. The largest absolute Gasteiger partial charge is 0.416 e. The second-order valence-electron chi connectivity index (χ2n) is 10.1. The molecule has 0 spiro atoms. The molecular formula is C27H30F6N2O2. The highest BCUT2D eigenvalue weighted by atomic mass is 19.4. The highest BCUT2D eigenvalue weighted by Crippen LogP contribution is 2.38. The van der Waals surface area contributed by atoms with Crippen molar-refractivity contribution in [1.29, 1.82) is 0 Å². The lowest BCUT2D eigenvalue weighted by molar-refractivity contribution is -0.143. The Bertz CT molecular complexity index is 1070. The summed E-state index contributed by atoms with van der Waals surface area (Å²) in [5.41, 5.74) is -1.57. The van der Waals surface area contributed by atoms with Crippen molar-refractivity contribution in [3.63, 3.8) is 0 Å². The number of halogens is 6. The van der Waals surface area contributed by atoms with Crippen molar-refractivity contribution < 1.29 is 35.9 Å². The number of alkyl halides is 6. The van der Waals surface area contributed by atoms with Gasteiger partial charge in [0.2, 0.25) is 0 Å². The Labute approximate surface area is 212 Å². The number of carbonyl (C=O) groups excluding carboxylic acids is 1. The predicted octanol–water partition coefficient (Wildman–Crippen LogP) is 6.14. The number of benzene rings is 2. The van der Waals surface area contributed by atoms with Gasteiger partial charge in [0, 0.05) is 43.7 Å². The molecule has 1 amide bonds. The van der Waals surface area contributed by atoms with Crippen molar-refractivity contribution >= 4 is 5.91 Å². The molecule has 4 nitrogen and oxygen atoms in total. The van der Waals surface area contributed by atoms with E-state index in [0.29, 0.717) is 31.6 Å². The van der Waals surface area contributed by atoms with Crippen molar-refractivity contribution in [2.24, 2.45) is 0 Å². The van der Waals surface area contributed by atoms with Crippen LogP contribution in [0, 0.1) is 6.92 Å². The van der Waals surface area contributed by atoms with Crippen LogP contribution in [0.1, 0.15) is 58.8 Å². The minimum Gasteiger partial charge on any atom is -0.373 e. The van der Waals surface area contributed by atoms with E-state index in [1.165, 1.54) is 4.90 Å². The lowest BCUT2D eigenvalue weighted by Crippen LogP contribution is -2.56. The van der Waals surface area contributed by atoms with Crippen LogP contribution in [0.15, 0.2) is 42.5 Å². The maximum absolute atomic E-state index is 13.4. The number of aryl methyl sites for hydroxylation is 1. The summed E-state index contributed by atoms with van der Waals surface area (Å²) in [6, 6.07) is 8.97. The van der Waals surface area contributed by atoms with Gasteiger partial charge in [-0.25, -0.2) is 0 Å². The van der Waals surface area contributed by atoms with Crippen molar-refractivity contribution in [1.82, 2.24) is 9.80 Å². The molecule has 2 aliphatic rings. The van der Waals surface area contributed by atoms with Crippen molar-refractivity contribution in [3.8, 4) is 0 Å². The number of carbonyl (C=O) groups is 1. The third kappa shape index (κ3) is 6.29. The fourth-order valence-corrected chi connectivity index (χ4v) is 5.45. The molecule has 4 rings (SSSR count). The topological polar surface area (TPSA) is 32.8 Å². The minimum absolute atomic E-state index is 0.0213. The van der Waals surface area contributed by atoms with Crippen LogP contribution in [0.3, 0.4) is 0 Å². The quantitative estimate of drug-likeness (QED) is 0.449. The number of morpholine rings is 1. The number of ether oxygens (including phenoxy) is 1. The predicted molar refractivity (Wildman–Crippen MR) is 126 cm³/mol. The van der Waals surface area contributed by atoms with Crippen molar-refractivity contribution in [3.05, 3.63) is 70.3 Å². The number of likely N-dealkylation sites (tertiary alicyclic amines) is 1. The average Bonchev–Trinajstić information content (AvgIpc) is 2.81. The minimum atomic E-state index is -5.02. The number of nitrogens with zero attached hydrogens (tertiary/aromatic N) is 2. The highest BCUT2D eigenvalue weighted by Gasteiger charge is 2.41. The zero-order valence-corrected chi connectivity index (χ0v) is 20.9. The first kappa shape index (κ1) is 27.4. The van der Waals surface area contributed by atoms with Crippen LogP contribution < -0.4 is 0 Å². The van der Waals surface area contributed by atoms with Crippen LogP contribution in [0.5, 0.6) is 0 Å². The maximum atomic E-state index is 13.4. The molecule has 2 unspecified atom stereocenters. The van der Waals surface area contributed by atoms with Crippen LogP contribution >= 0.6 is 0 Å². The van der Waals surface area contributed by atoms with Gasteiger partial charge in [-0.1, -0.05) is 29.8 Å². The molecule has 0 aromatic heterocycles. The van der Waals surface area contributed by atoms with Gasteiger partial charge in [0.1, 0.15) is 0 Å². The van der Waals surface area contributed by atoms with E-state index >= 15 is 0 Å². The Morgan fingerprint density at radius 2 is 1.41 bits per heavy atom. The molecule has 10 heteroatoms. The highest BCUT2D eigenvalue weighted by molar-refractivity contribution is 5.95. The molecule has 2 aliphatic heterocycles. The Morgan fingerprint density at radius 1 is 0.865 bits per heavy atom. The van der Waals surface area contributed by atoms with E-state index in [-0.39, 0.29) is 43.3 Å². The molecule has 2 saturated heterocycles. The SMILES string of the molecule is Cc1ccc([C@H]2CN(C(=O)c3cc(C(F)(F)F)cc(C(F)(F)F)c3)CC[C@H]2N2CC(C)OC(C)C2)cc1. The van der Waals surface area contributed by atoms with Gasteiger partial charge in [-0.05, 0) is 51.0 Å². The first-order valence-electron chi connectivity index (χ1n) is 12.3. The number of amides is 1.